The molecular formula is C13H15NO6S. The van der Waals surface area contributed by atoms with Gasteiger partial charge in [0, 0.05) is 18.5 Å². The molecular weight excluding hydrogens is 298 g/mol. The smallest absolute Gasteiger partial charge is 0.334 e. The molecule has 0 aromatic carbocycles. The molecule has 0 aromatic rings. The van der Waals surface area contributed by atoms with Crippen LogP contribution >= 0.6 is 0 Å². The van der Waals surface area contributed by atoms with Crippen LogP contribution in [0.25, 0.3) is 0 Å². The second kappa shape index (κ2) is 6.13. The van der Waals surface area contributed by atoms with Gasteiger partial charge in [0.1, 0.15) is 6.61 Å². The van der Waals surface area contributed by atoms with Gasteiger partial charge in [-0.25, -0.2) is 8.42 Å². The molecule has 1 heterocycles. The average Bonchev–Trinajstić information content (AvgIpc) is 2.92. The van der Waals surface area contributed by atoms with E-state index in [1.807, 2.05) is 0 Å². The van der Waals surface area contributed by atoms with Gasteiger partial charge in [-0.1, -0.05) is 6.08 Å². The zero-order valence-electron chi connectivity index (χ0n) is 11.1. The molecule has 21 heavy (non-hydrogen) atoms. The molecule has 7 nitrogen and oxygen atoms in total. The number of sulfone groups is 1. The minimum Gasteiger partial charge on any atom is -0.513 e. The highest BCUT2D eigenvalue weighted by Gasteiger charge is 2.38. The number of nitrogens with one attached hydrogen (secondary N) is 1. The predicted molar refractivity (Wildman–Crippen MR) is 73.8 cm³/mol. The van der Waals surface area contributed by atoms with Gasteiger partial charge in [0.25, 0.3) is 0 Å². The summed E-state index contributed by atoms with van der Waals surface area (Å²) >= 11 is 0. The summed E-state index contributed by atoms with van der Waals surface area (Å²) in [5, 5.41) is 8.84. The van der Waals surface area contributed by atoms with Crippen LogP contribution in [0, 0.1) is 0 Å². The second-order valence-corrected chi connectivity index (χ2v) is 6.75. The molecule has 8 heteroatoms. The summed E-state index contributed by atoms with van der Waals surface area (Å²) in [7, 11) is -4.28. The molecule has 2 N–H and O–H groups in total. The van der Waals surface area contributed by atoms with Crippen molar-refractivity contribution in [3.8, 4) is 0 Å². The molecule has 0 saturated carbocycles. The highest BCUT2D eigenvalue weighted by molar-refractivity contribution is 8.08. The highest BCUT2D eigenvalue weighted by atomic mass is 32.2. The maximum Gasteiger partial charge on any atom is 0.334 e. The molecule has 114 valence electrons. The minimum absolute atomic E-state index is 0.00233. The number of allylic oxidation sites excluding steroid dienone is 1. The molecule has 0 saturated heterocycles. The number of hydrogen-bond donors (Lipinski definition) is 2. The van der Waals surface area contributed by atoms with E-state index >= 15 is 0 Å². The summed E-state index contributed by atoms with van der Waals surface area (Å²) in [5.74, 6) is -1.26. The monoisotopic (exact) mass is 313 g/mol. The number of aliphatic hydroxyl groups excluding tert-OH is 1. The summed E-state index contributed by atoms with van der Waals surface area (Å²) in [6, 6.07) is 0. The van der Waals surface area contributed by atoms with Crippen LogP contribution in [0.1, 0.15) is 12.8 Å². The van der Waals surface area contributed by atoms with Crippen LogP contribution in [-0.4, -0.2) is 42.9 Å². The fraction of sp³-hybridized carbons (Fsp3) is 0.385. The van der Waals surface area contributed by atoms with Crippen molar-refractivity contribution in [1.29, 1.82) is 0 Å². The van der Waals surface area contributed by atoms with E-state index in [1.54, 1.807) is 12.2 Å². The van der Waals surface area contributed by atoms with Crippen LogP contribution in [0.2, 0.25) is 0 Å². The quantitative estimate of drug-likeness (QED) is 0.716. The maximum absolute atomic E-state index is 12.0. The molecule has 1 atom stereocenters. The molecule has 1 amide bonds. The third-order valence-corrected chi connectivity index (χ3v) is 4.99. The van der Waals surface area contributed by atoms with Gasteiger partial charge in [0.2, 0.25) is 9.84 Å². The maximum atomic E-state index is 12.0. The molecule has 1 aliphatic heterocycles. The molecule has 0 spiro atoms. The summed E-state index contributed by atoms with van der Waals surface area (Å²) in [5.41, 5.74) is 0.623. The molecule has 0 aromatic heterocycles. The van der Waals surface area contributed by atoms with E-state index in [2.05, 4.69) is 5.32 Å². The van der Waals surface area contributed by atoms with E-state index < -0.39 is 26.1 Å². The Balaban J connectivity index is 1.97. The van der Waals surface area contributed by atoms with Crippen molar-refractivity contribution in [3.63, 3.8) is 0 Å². The Bertz CT molecular complexity index is 644. The van der Waals surface area contributed by atoms with Gasteiger partial charge in [-0.05, 0) is 18.6 Å². The molecule has 0 bridgehead atoms. The first-order valence-electron chi connectivity index (χ1n) is 6.34. The first-order chi connectivity index (χ1) is 9.91. The first kappa shape index (κ1) is 15.3. The molecule has 0 unspecified atom stereocenters. The number of aliphatic hydroxyl groups is 1. The Morgan fingerprint density at radius 1 is 1.43 bits per heavy atom. The average molecular weight is 313 g/mol. The summed E-state index contributed by atoms with van der Waals surface area (Å²) in [6.45, 7) is 0.435. The lowest BCUT2D eigenvalue weighted by molar-refractivity contribution is -0.133. The van der Waals surface area contributed by atoms with E-state index in [4.69, 9.17) is 4.74 Å². The predicted octanol–water partition coefficient (Wildman–Crippen LogP) is 0.119. The van der Waals surface area contributed by atoms with Gasteiger partial charge in [0.05, 0.1) is 17.3 Å². The van der Waals surface area contributed by atoms with Gasteiger partial charge < -0.3 is 15.2 Å². The van der Waals surface area contributed by atoms with Crippen LogP contribution in [0.5, 0.6) is 0 Å². The normalized spacial score (nSPS) is 21.2. The van der Waals surface area contributed by atoms with Crippen molar-refractivity contribution < 1.29 is 27.9 Å². The SMILES string of the molecule is O=C(NCC1=COCC=C1)C(=O)S(=O)(=O)[C@@H]1C=C(O)CC1. The van der Waals surface area contributed by atoms with E-state index in [1.165, 1.54) is 6.26 Å². The molecule has 1 aliphatic carbocycles. The standard InChI is InChI=1S/C13H15NO6S/c15-10-3-4-11(6-10)21(18,19)13(17)12(16)14-7-9-2-1-5-20-8-9/h1-2,6,8,11,15H,3-5,7H2,(H,14,16)/t11-/m0/s1. The van der Waals surface area contributed by atoms with Crippen LogP contribution in [0.4, 0.5) is 0 Å². The highest BCUT2D eigenvalue weighted by Crippen LogP contribution is 2.23. The Morgan fingerprint density at radius 2 is 2.19 bits per heavy atom. The fourth-order valence-electron chi connectivity index (χ4n) is 1.99. The molecule has 0 fully saturated rings. The third kappa shape index (κ3) is 3.52. The Labute approximate surface area is 121 Å². The molecule has 0 radical (unpaired) electrons. The van der Waals surface area contributed by atoms with Crippen molar-refractivity contribution in [2.45, 2.75) is 18.1 Å². The van der Waals surface area contributed by atoms with E-state index in [9.17, 15) is 23.1 Å². The summed E-state index contributed by atoms with van der Waals surface area (Å²) in [6.07, 6.45) is 6.26. The zero-order chi connectivity index (χ0) is 15.5. The molecule has 2 rings (SSSR count). The minimum atomic E-state index is -4.28. The lowest BCUT2D eigenvalue weighted by Gasteiger charge is -2.10. The van der Waals surface area contributed by atoms with E-state index in [-0.39, 0.29) is 25.1 Å². The van der Waals surface area contributed by atoms with Crippen molar-refractivity contribution >= 4 is 20.9 Å². The van der Waals surface area contributed by atoms with Crippen LogP contribution in [0.3, 0.4) is 0 Å². The number of carbonyl (C=O) groups excluding carboxylic acids is 2. The van der Waals surface area contributed by atoms with Gasteiger partial charge in [-0.15, -0.1) is 0 Å². The van der Waals surface area contributed by atoms with Crippen LogP contribution < -0.4 is 5.32 Å². The number of hydrogen-bond acceptors (Lipinski definition) is 6. The van der Waals surface area contributed by atoms with Crippen LogP contribution in [0.15, 0.2) is 35.8 Å². The van der Waals surface area contributed by atoms with Crippen molar-refractivity contribution in [2.24, 2.45) is 0 Å². The number of ether oxygens (including phenoxy) is 1. The van der Waals surface area contributed by atoms with Gasteiger partial charge in [-0.3, -0.25) is 9.59 Å². The van der Waals surface area contributed by atoms with E-state index in [0.717, 1.165) is 6.08 Å². The Morgan fingerprint density at radius 3 is 2.76 bits per heavy atom. The van der Waals surface area contributed by atoms with E-state index in [0.29, 0.717) is 12.2 Å². The lowest BCUT2D eigenvalue weighted by Crippen LogP contribution is -2.40. The summed E-state index contributed by atoms with van der Waals surface area (Å²) < 4.78 is 28.9. The Kier molecular flexibility index (Phi) is 4.46. The zero-order valence-corrected chi connectivity index (χ0v) is 11.9. The number of rotatable bonds is 3. The van der Waals surface area contributed by atoms with Crippen molar-refractivity contribution in [2.75, 3.05) is 13.2 Å². The van der Waals surface area contributed by atoms with Crippen LogP contribution in [-0.2, 0) is 24.2 Å². The fourth-order valence-corrected chi connectivity index (χ4v) is 3.36. The third-order valence-electron chi connectivity index (χ3n) is 3.12. The van der Waals surface area contributed by atoms with Gasteiger partial charge in [0.15, 0.2) is 0 Å². The van der Waals surface area contributed by atoms with Crippen molar-refractivity contribution in [1.82, 2.24) is 5.32 Å². The molecule has 2 aliphatic rings. The van der Waals surface area contributed by atoms with Gasteiger partial charge in [-0.2, -0.15) is 0 Å². The Hall–Kier alpha value is -2.09. The second-order valence-electron chi connectivity index (χ2n) is 4.68. The lowest BCUT2D eigenvalue weighted by atomic mass is 10.2. The number of amides is 1. The summed E-state index contributed by atoms with van der Waals surface area (Å²) in [4.78, 5) is 23.4. The topological polar surface area (TPSA) is 110 Å². The number of carbonyl (C=O) groups is 2. The van der Waals surface area contributed by atoms with Gasteiger partial charge >= 0.3 is 11.0 Å². The van der Waals surface area contributed by atoms with Crippen molar-refractivity contribution in [3.05, 3.63) is 35.8 Å². The largest absolute Gasteiger partial charge is 0.513 e. The first-order valence-corrected chi connectivity index (χ1v) is 7.89.